The van der Waals surface area contributed by atoms with Gasteiger partial charge in [-0.05, 0) is 38.1 Å². The summed E-state index contributed by atoms with van der Waals surface area (Å²) in [7, 11) is 0. The molecule has 0 bridgehead atoms. The minimum atomic E-state index is -0.00740. The summed E-state index contributed by atoms with van der Waals surface area (Å²) in [6.45, 7) is 3.41. The molecular formula is C13H22N2O2. The molecule has 0 aromatic rings. The molecule has 1 saturated carbocycles. The number of likely N-dealkylation sites (tertiary alicyclic amines) is 1. The van der Waals surface area contributed by atoms with Gasteiger partial charge in [-0.25, -0.2) is 0 Å². The van der Waals surface area contributed by atoms with Crippen LogP contribution in [-0.2, 0) is 9.59 Å². The molecule has 0 aromatic carbocycles. The molecule has 1 saturated heterocycles. The lowest BCUT2D eigenvalue weighted by atomic mass is 10.00. The van der Waals surface area contributed by atoms with Crippen molar-refractivity contribution in [2.75, 3.05) is 13.1 Å². The molecule has 2 N–H and O–H groups in total. The Bertz CT molecular complexity index is 293. The molecule has 0 radical (unpaired) electrons. The van der Waals surface area contributed by atoms with Crippen molar-refractivity contribution in [1.82, 2.24) is 4.90 Å². The van der Waals surface area contributed by atoms with Crippen LogP contribution in [0.15, 0.2) is 0 Å². The zero-order valence-corrected chi connectivity index (χ0v) is 10.5. The molecule has 0 spiro atoms. The van der Waals surface area contributed by atoms with Crippen molar-refractivity contribution in [2.24, 2.45) is 23.5 Å². The first-order valence-corrected chi connectivity index (χ1v) is 6.70. The number of imide groups is 1. The molecule has 4 heteroatoms. The van der Waals surface area contributed by atoms with E-state index in [0.29, 0.717) is 19.0 Å². The van der Waals surface area contributed by atoms with Gasteiger partial charge in [0.15, 0.2) is 0 Å². The molecule has 1 heterocycles. The van der Waals surface area contributed by atoms with E-state index in [1.807, 2.05) is 0 Å². The average Bonchev–Trinajstić information content (AvgIpc) is 2.77. The first kappa shape index (κ1) is 12.6. The maximum atomic E-state index is 12.1. The minimum absolute atomic E-state index is 0.00740. The lowest BCUT2D eigenvalue weighted by Gasteiger charge is -2.16. The van der Waals surface area contributed by atoms with E-state index in [2.05, 4.69) is 6.92 Å². The Morgan fingerprint density at radius 1 is 1.12 bits per heavy atom. The van der Waals surface area contributed by atoms with E-state index in [1.54, 1.807) is 0 Å². The molecule has 1 aliphatic heterocycles. The Hall–Kier alpha value is -0.900. The second-order valence-electron chi connectivity index (χ2n) is 5.47. The Labute approximate surface area is 103 Å². The Balaban J connectivity index is 1.88. The van der Waals surface area contributed by atoms with Crippen molar-refractivity contribution < 1.29 is 9.59 Å². The normalized spacial score (nSPS) is 32.4. The molecule has 2 atom stereocenters. The summed E-state index contributed by atoms with van der Waals surface area (Å²) in [4.78, 5) is 25.7. The Morgan fingerprint density at radius 3 is 2.24 bits per heavy atom. The van der Waals surface area contributed by atoms with Crippen LogP contribution in [0.1, 0.15) is 39.0 Å². The van der Waals surface area contributed by atoms with Crippen LogP contribution < -0.4 is 5.73 Å². The first-order chi connectivity index (χ1) is 8.15. The van der Waals surface area contributed by atoms with Gasteiger partial charge in [0, 0.05) is 6.54 Å². The standard InChI is InChI=1S/C13H22N2O2/c1-9-7-10-11(8-9)13(17)15(12(10)16)6-4-2-3-5-14/h9-11H,2-8,14H2,1H3. The number of unbranched alkanes of at least 4 members (excludes halogenated alkanes) is 2. The molecule has 2 unspecified atom stereocenters. The van der Waals surface area contributed by atoms with Crippen molar-refractivity contribution in [3.63, 3.8) is 0 Å². The van der Waals surface area contributed by atoms with Gasteiger partial charge in [0.1, 0.15) is 0 Å². The number of carbonyl (C=O) groups is 2. The maximum absolute atomic E-state index is 12.1. The quantitative estimate of drug-likeness (QED) is 0.577. The van der Waals surface area contributed by atoms with Gasteiger partial charge >= 0.3 is 0 Å². The number of rotatable bonds is 5. The number of carbonyl (C=O) groups excluding carboxylic acids is 2. The van der Waals surface area contributed by atoms with Gasteiger partial charge in [0.05, 0.1) is 11.8 Å². The fraction of sp³-hybridized carbons (Fsp3) is 0.846. The van der Waals surface area contributed by atoms with E-state index in [4.69, 9.17) is 5.73 Å². The molecule has 17 heavy (non-hydrogen) atoms. The third-order valence-electron chi connectivity index (χ3n) is 4.05. The summed E-state index contributed by atoms with van der Waals surface area (Å²) >= 11 is 0. The minimum Gasteiger partial charge on any atom is -0.330 e. The van der Waals surface area contributed by atoms with E-state index < -0.39 is 0 Å². The van der Waals surface area contributed by atoms with Crippen molar-refractivity contribution in [3.05, 3.63) is 0 Å². The summed E-state index contributed by atoms with van der Waals surface area (Å²) < 4.78 is 0. The van der Waals surface area contributed by atoms with Crippen molar-refractivity contribution in [1.29, 1.82) is 0 Å². The predicted molar refractivity (Wildman–Crippen MR) is 65.0 cm³/mol. The molecular weight excluding hydrogens is 216 g/mol. The van der Waals surface area contributed by atoms with Gasteiger partial charge < -0.3 is 5.73 Å². The molecule has 96 valence electrons. The largest absolute Gasteiger partial charge is 0.330 e. The van der Waals surface area contributed by atoms with Crippen LogP contribution >= 0.6 is 0 Å². The summed E-state index contributed by atoms with van der Waals surface area (Å²) in [5.74, 6) is 0.672. The van der Waals surface area contributed by atoms with Crippen LogP contribution in [0.4, 0.5) is 0 Å². The zero-order chi connectivity index (χ0) is 12.4. The molecule has 2 amide bonds. The topological polar surface area (TPSA) is 63.4 Å². The highest BCUT2D eigenvalue weighted by molar-refractivity contribution is 6.05. The van der Waals surface area contributed by atoms with E-state index in [1.165, 1.54) is 4.90 Å². The van der Waals surface area contributed by atoms with Crippen LogP contribution in [0, 0.1) is 17.8 Å². The van der Waals surface area contributed by atoms with Gasteiger partial charge in [-0.3, -0.25) is 14.5 Å². The van der Waals surface area contributed by atoms with E-state index in [0.717, 1.165) is 32.1 Å². The van der Waals surface area contributed by atoms with Gasteiger partial charge in [0.25, 0.3) is 0 Å². The second-order valence-corrected chi connectivity index (χ2v) is 5.47. The highest BCUT2D eigenvalue weighted by Gasteiger charge is 2.51. The fourth-order valence-electron chi connectivity index (χ4n) is 3.16. The predicted octanol–water partition coefficient (Wildman–Crippen LogP) is 1.15. The summed E-state index contributed by atoms with van der Waals surface area (Å²) in [5, 5.41) is 0. The van der Waals surface area contributed by atoms with Crippen LogP contribution in [0.3, 0.4) is 0 Å². The lowest BCUT2D eigenvalue weighted by Crippen LogP contribution is -2.33. The van der Waals surface area contributed by atoms with Crippen LogP contribution in [-0.4, -0.2) is 29.8 Å². The summed E-state index contributed by atoms with van der Waals surface area (Å²) in [6.07, 6.45) is 4.66. The SMILES string of the molecule is CC1CC2C(=O)N(CCCCCN)C(=O)C2C1. The molecule has 4 nitrogen and oxygen atoms in total. The number of amides is 2. The maximum Gasteiger partial charge on any atom is 0.233 e. The van der Waals surface area contributed by atoms with Crippen molar-refractivity contribution in [3.8, 4) is 0 Å². The van der Waals surface area contributed by atoms with Crippen LogP contribution in [0.2, 0.25) is 0 Å². The number of hydrogen-bond acceptors (Lipinski definition) is 3. The highest BCUT2D eigenvalue weighted by atomic mass is 16.2. The Morgan fingerprint density at radius 2 is 1.71 bits per heavy atom. The first-order valence-electron chi connectivity index (χ1n) is 6.70. The van der Waals surface area contributed by atoms with Crippen molar-refractivity contribution in [2.45, 2.75) is 39.0 Å². The number of fused-ring (bicyclic) bond motifs is 1. The van der Waals surface area contributed by atoms with Gasteiger partial charge in [-0.15, -0.1) is 0 Å². The van der Waals surface area contributed by atoms with Gasteiger partial charge in [0.2, 0.25) is 11.8 Å². The smallest absolute Gasteiger partial charge is 0.233 e. The second kappa shape index (κ2) is 5.17. The van der Waals surface area contributed by atoms with Gasteiger partial charge in [-0.2, -0.15) is 0 Å². The molecule has 2 rings (SSSR count). The zero-order valence-electron chi connectivity index (χ0n) is 10.5. The fourth-order valence-corrected chi connectivity index (χ4v) is 3.16. The van der Waals surface area contributed by atoms with E-state index in [-0.39, 0.29) is 23.7 Å². The third kappa shape index (κ3) is 2.37. The molecule has 2 aliphatic rings. The van der Waals surface area contributed by atoms with Gasteiger partial charge in [-0.1, -0.05) is 13.3 Å². The monoisotopic (exact) mass is 238 g/mol. The Kier molecular flexibility index (Phi) is 3.82. The number of nitrogens with zero attached hydrogens (tertiary/aromatic N) is 1. The summed E-state index contributed by atoms with van der Waals surface area (Å²) in [5.41, 5.74) is 5.42. The average molecular weight is 238 g/mol. The number of nitrogens with two attached hydrogens (primary N) is 1. The third-order valence-corrected chi connectivity index (χ3v) is 4.05. The van der Waals surface area contributed by atoms with E-state index >= 15 is 0 Å². The van der Waals surface area contributed by atoms with Crippen LogP contribution in [0.25, 0.3) is 0 Å². The van der Waals surface area contributed by atoms with Crippen LogP contribution in [0.5, 0.6) is 0 Å². The highest BCUT2D eigenvalue weighted by Crippen LogP contribution is 2.42. The lowest BCUT2D eigenvalue weighted by molar-refractivity contribution is -0.140. The van der Waals surface area contributed by atoms with Crippen molar-refractivity contribution >= 4 is 11.8 Å². The molecule has 0 aromatic heterocycles. The molecule has 2 fully saturated rings. The molecule has 1 aliphatic carbocycles. The number of hydrogen-bond donors (Lipinski definition) is 1. The van der Waals surface area contributed by atoms with E-state index in [9.17, 15) is 9.59 Å². The summed E-state index contributed by atoms with van der Waals surface area (Å²) in [6, 6.07) is 0.